The van der Waals surface area contributed by atoms with Crippen LogP contribution in [-0.2, 0) is 0 Å². The molecular weight excluding hydrogens is 422 g/mol. The fraction of sp³-hybridized carbons (Fsp3) is 0.0667. The van der Waals surface area contributed by atoms with Crippen molar-refractivity contribution in [2.75, 3.05) is 5.32 Å². The van der Waals surface area contributed by atoms with Crippen LogP contribution in [0.3, 0.4) is 0 Å². The van der Waals surface area contributed by atoms with Gasteiger partial charge in [-0.1, -0.05) is 72.8 Å². The number of thiophene rings is 1. The van der Waals surface area contributed by atoms with Crippen molar-refractivity contribution in [3.63, 3.8) is 0 Å². The van der Waals surface area contributed by atoms with Gasteiger partial charge in [0.1, 0.15) is 11.2 Å². The molecule has 0 amide bonds. The van der Waals surface area contributed by atoms with E-state index in [1.54, 1.807) is 0 Å². The Morgan fingerprint density at radius 3 is 2.48 bits per heavy atom. The van der Waals surface area contributed by atoms with Crippen LogP contribution in [0.1, 0.15) is 12.0 Å². The minimum absolute atomic E-state index is 0.261. The molecule has 4 aromatic carbocycles. The van der Waals surface area contributed by atoms with E-state index in [2.05, 4.69) is 96.3 Å². The van der Waals surface area contributed by atoms with Gasteiger partial charge in [0.05, 0.1) is 0 Å². The van der Waals surface area contributed by atoms with Gasteiger partial charge in [0.2, 0.25) is 0 Å². The summed E-state index contributed by atoms with van der Waals surface area (Å²) in [5, 5.41) is 8.68. The lowest BCUT2D eigenvalue weighted by molar-refractivity contribution is 0.669. The number of fused-ring (bicyclic) bond motifs is 6. The van der Waals surface area contributed by atoms with Gasteiger partial charge < -0.3 is 9.73 Å². The Kier molecular flexibility index (Phi) is 4.18. The summed E-state index contributed by atoms with van der Waals surface area (Å²) in [5.41, 5.74) is 5.57. The summed E-state index contributed by atoms with van der Waals surface area (Å²) in [5.74, 6) is 0. The van der Waals surface area contributed by atoms with Crippen molar-refractivity contribution in [1.82, 2.24) is 0 Å². The van der Waals surface area contributed by atoms with E-state index < -0.39 is 0 Å². The third-order valence-electron chi connectivity index (χ3n) is 6.55. The van der Waals surface area contributed by atoms with Crippen LogP contribution < -0.4 is 5.32 Å². The molecule has 0 saturated heterocycles. The van der Waals surface area contributed by atoms with Crippen LogP contribution in [0.4, 0.5) is 5.69 Å². The predicted molar refractivity (Wildman–Crippen MR) is 142 cm³/mol. The minimum atomic E-state index is 0.261. The summed E-state index contributed by atoms with van der Waals surface area (Å²) in [6.07, 6.45) is 7.85. The number of furan rings is 1. The highest BCUT2D eigenvalue weighted by Gasteiger charge is 2.15. The van der Waals surface area contributed by atoms with E-state index in [0.29, 0.717) is 0 Å². The van der Waals surface area contributed by atoms with Crippen molar-refractivity contribution in [3.8, 4) is 0 Å². The van der Waals surface area contributed by atoms with E-state index in [1.807, 2.05) is 23.5 Å². The number of rotatable bonds is 3. The maximum atomic E-state index is 6.05. The standard InChI is InChI=1S/C30H21NOS/c1-3-10-27-23(6-1)24-17-16-21(18-28(24)32-27)31-20-14-12-19(13-15-20)22-8-5-9-26-25-7-2-4-11-29(25)33-30(22)26/h1-14,16-18,20,31H,15H2. The zero-order chi connectivity index (χ0) is 21.8. The molecule has 1 aliphatic rings. The molecule has 158 valence electrons. The second-order valence-electron chi connectivity index (χ2n) is 8.59. The van der Waals surface area contributed by atoms with E-state index in [9.17, 15) is 0 Å². The topological polar surface area (TPSA) is 25.2 Å². The van der Waals surface area contributed by atoms with E-state index in [4.69, 9.17) is 4.42 Å². The average Bonchev–Trinajstić information content (AvgIpc) is 3.42. The predicted octanol–water partition coefficient (Wildman–Crippen LogP) is 8.78. The molecule has 33 heavy (non-hydrogen) atoms. The van der Waals surface area contributed by atoms with Crippen LogP contribution >= 0.6 is 11.3 Å². The van der Waals surface area contributed by atoms with Crippen molar-refractivity contribution < 1.29 is 4.42 Å². The molecule has 6 aromatic rings. The van der Waals surface area contributed by atoms with Gasteiger partial charge >= 0.3 is 0 Å². The zero-order valence-electron chi connectivity index (χ0n) is 17.9. The van der Waals surface area contributed by atoms with Crippen LogP contribution in [0.25, 0.3) is 47.7 Å². The lowest BCUT2D eigenvalue weighted by atomic mass is 9.96. The van der Waals surface area contributed by atoms with E-state index in [0.717, 1.165) is 28.7 Å². The van der Waals surface area contributed by atoms with Gasteiger partial charge in [-0.15, -0.1) is 11.3 Å². The van der Waals surface area contributed by atoms with Crippen LogP contribution in [0, 0.1) is 0 Å². The summed E-state index contributed by atoms with van der Waals surface area (Å²) in [4.78, 5) is 0. The van der Waals surface area contributed by atoms with Crippen LogP contribution in [0.5, 0.6) is 0 Å². The van der Waals surface area contributed by atoms with Gasteiger partial charge in [-0.2, -0.15) is 0 Å². The molecule has 0 bridgehead atoms. The summed E-state index contributed by atoms with van der Waals surface area (Å²) in [7, 11) is 0. The number of anilines is 1. The molecular formula is C30H21NOS. The molecule has 0 radical (unpaired) electrons. The molecule has 1 N–H and O–H groups in total. The molecule has 7 rings (SSSR count). The first-order valence-corrected chi connectivity index (χ1v) is 12.1. The van der Waals surface area contributed by atoms with Crippen molar-refractivity contribution in [2.45, 2.75) is 12.5 Å². The smallest absolute Gasteiger partial charge is 0.137 e. The highest BCUT2D eigenvalue weighted by atomic mass is 32.1. The van der Waals surface area contributed by atoms with Gasteiger partial charge in [-0.3, -0.25) is 0 Å². The second kappa shape index (κ2) is 7.36. The number of para-hydroxylation sites is 1. The lowest BCUT2D eigenvalue weighted by Crippen LogP contribution is -2.17. The summed E-state index contributed by atoms with van der Waals surface area (Å²) < 4.78 is 8.77. The molecule has 2 heterocycles. The number of nitrogens with one attached hydrogen (secondary N) is 1. The fourth-order valence-electron chi connectivity index (χ4n) is 4.93. The van der Waals surface area contributed by atoms with E-state index in [-0.39, 0.29) is 6.04 Å². The number of hydrogen-bond acceptors (Lipinski definition) is 3. The molecule has 0 saturated carbocycles. The summed E-state index contributed by atoms with van der Waals surface area (Å²) >= 11 is 1.89. The molecule has 1 atom stereocenters. The van der Waals surface area contributed by atoms with E-state index in [1.165, 1.54) is 36.7 Å². The quantitative estimate of drug-likeness (QED) is 0.296. The first-order valence-electron chi connectivity index (χ1n) is 11.3. The van der Waals surface area contributed by atoms with Gasteiger partial charge in [-0.25, -0.2) is 0 Å². The monoisotopic (exact) mass is 443 g/mol. The van der Waals surface area contributed by atoms with Gasteiger partial charge in [0.25, 0.3) is 0 Å². The van der Waals surface area contributed by atoms with Crippen molar-refractivity contribution in [2.24, 2.45) is 0 Å². The van der Waals surface area contributed by atoms with Crippen LogP contribution in [0.2, 0.25) is 0 Å². The van der Waals surface area contributed by atoms with Crippen molar-refractivity contribution >= 4 is 64.7 Å². The Balaban J connectivity index is 1.16. The van der Waals surface area contributed by atoms with Crippen molar-refractivity contribution in [3.05, 3.63) is 109 Å². The Morgan fingerprint density at radius 1 is 0.758 bits per heavy atom. The molecule has 2 nitrogen and oxygen atoms in total. The van der Waals surface area contributed by atoms with Crippen LogP contribution in [0.15, 0.2) is 108 Å². The Labute approximate surface area is 195 Å². The molecule has 1 unspecified atom stereocenters. The molecule has 3 heteroatoms. The normalized spacial score (nSPS) is 16.1. The highest BCUT2D eigenvalue weighted by Crippen LogP contribution is 2.39. The molecule has 0 fully saturated rings. The molecule has 1 aliphatic carbocycles. The first kappa shape index (κ1) is 18.7. The maximum Gasteiger partial charge on any atom is 0.137 e. The highest BCUT2D eigenvalue weighted by molar-refractivity contribution is 7.26. The summed E-state index contributed by atoms with van der Waals surface area (Å²) in [6.45, 7) is 0. The Hall–Kier alpha value is -3.82. The number of hydrogen-bond donors (Lipinski definition) is 1. The fourth-order valence-corrected chi connectivity index (χ4v) is 6.17. The van der Waals surface area contributed by atoms with Gasteiger partial charge in [0, 0.05) is 48.7 Å². The number of allylic oxidation sites excluding steroid dienone is 2. The van der Waals surface area contributed by atoms with Gasteiger partial charge in [-0.05, 0) is 41.8 Å². The average molecular weight is 444 g/mol. The number of benzene rings is 4. The second-order valence-corrected chi connectivity index (χ2v) is 9.65. The molecule has 0 aliphatic heterocycles. The SMILES string of the molecule is C1=CC(Nc2ccc3c(c2)oc2ccccc23)CC=C1c1cccc2c1sc1ccccc12. The van der Waals surface area contributed by atoms with Crippen LogP contribution in [-0.4, -0.2) is 6.04 Å². The van der Waals surface area contributed by atoms with Gasteiger partial charge in [0.15, 0.2) is 0 Å². The lowest BCUT2D eigenvalue weighted by Gasteiger charge is -2.19. The first-order chi connectivity index (χ1) is 16.3. The third kappa shape index (κ3) is 3.08. The minimum Gasteiger partial charge on any atom is -0.456 e. The third-order valence-corrected chi connectivity index (χ3v) is 7.77. The maximum absolute atomic E-state index is 6.05. The molecule has 0 spiro atoms. The Morgan fingerprint density at radius 2 is 1.58 bits per heavy atom. The largest absolute Gasteiger partial charge is 0.456 e. The van der Waals surface area contributed by atoms with E-state index >= 15 is 0 Å². The molecule has 2 aromatic heterocycles. The van der Waals surface area contributed by atoms with Crippen molar-refractivity contribution in [1.29, 1.82) is 0 Å². The Bertz CT molecular complexity index is 1730. The summed E-state index contributed by atoms with van der Waals surface area (Å²) in [6, 6.07) is 30.2. The zero-order valence-corrected chi connectivity index (χ0v) is 18.7.